The van der Waals surface area contributed by atoms with E-state index in [1.807, 2.05) is 4.90 Å². The Labute approximate surface area is 120 Å². The average molecular weight is 282 g/mol. The Morgan fingerprint density at radius 1 is 1.35 bits per heavy atom. The maximum atomic E-state index is 12.3. The lowest BCUT2D eigenvalue weighted by atomic mass is 10.1. The Kier molecular flexibility index (Phi) is 5.23. The molecule has 2 aliphatic heterocycles. The third kappa shape index (κ3) is 3.85. The molecular weight excluding hydrogens is 256 g/mol. The third-order valence-corrected chi connectivity index (χ3v) is 3.92. The SMILES string of the molecule is CC(C)CNC(=O)CN1CCN(C2CCNCC2)C1=O. The standard InChI is InChI=1S/C14H26N4O2/c1-11(2)9-16-13(19)10-17-7-8-18(14(17)20)12-3-5-15-6-4-12/h11-12,15H,3-10H2,1-2H3,(H,16,19). The fraction of sp³-hybridized carbons (Fsp3) is 0.857. The Morgan fingerprint density at radius 2 is 2.05 bits per heavy atom. The van der Waals surface area contributed by atoms with Gasteiger partial charge in [-0.15, -0.1) is 0 Å². The molecule has 2 fully saturated rings. The van der Waals surface area contributed by atoms with Crippen LogP contribution in [-0.4, -0.2) is 67.0 Å². The molecule has 0 atom stereocenters. The quantitative estimate of drug-likeness (QED) is 0.759. The number of piperidine rings is 1. The van der Waals surface area contributed by atoms with E-state index < -0.39 is 0 Å². The topological polar surface area (TPSA) is 64.7 Å². The number of nitrogens with zero attached hydrogens (tertiary/aromatic N) is 2. The first-order valence-corrected chi connectivity index (χ1v) is 7.61. The van der Waals surface area contributed by atoms with Gasteiger partial charge in [-0.25, -0.2) is 4.79 Å². The van der Waals surface area contributed by atoms with Gasteiger partial charge in [-0.3, -0.25) is 4.79 Å². The van der Waals surface area contributed by atoms with Crippen molar-refractivity contribution in [1.82, 2.24) is 20.4 Å². The van der Waals surface area contributed by atoms with Crippen LogP contribution in [0.15, 0.2) is 0 Å². The minimum atomic E-state index is -0.0563. The summed E-state index contributed by atoms with van der Waals surface area (Å²) in [6.07, 6.45) is 2.03. The molecule has 0 spiro atoms. The predicted octanol–water partition coefficient (Wildman–Crippen LogP) is 0.248. The molecule has 2 aliphatic rings. The van der Waals surface area contributed by atoms with Gasteiger partial charge in [0.25, 0.3) is 0 Å². The number of hydrogen-bond acceptors (Lipinski definition) is 3. The maximum Gasteiger partial charge on any atom is 0.320 e. The average Bonchev–Trinajstić information content (AvgIpc) is 2.79. The Morgan fingerprint density at radius 3 is 2.70 bits per heavy atom. The molecule has 0 bridgehead atoms. The zero-order valence-electron chi connectivity index (χ0n) is 12.5. The van der Waals surface area contributed by atoms with E-state index in [1.165, 1.54) is 0 Å². The van der Waals surface area contributed by atoms with Gasteiger partial charge in [-0.05, 0) is 31.8 Å². The second-order valence-electron chi connectivity index (χ2n) is 6.08. The minimum absolute atomic E-state index is 0.0246. The van der Waals surface area contributed by atoms with Gasteiger partial charge in [-0.2, -0.15) is 0 Å². The number of rotatable bonds is 5. The van der Waals surface area contributed by atoms with Gasteiger partial charge in [0.15, 0.2) is 0 Å². The molecular formula is C14H26N4O2. The Hall–Kier alpha value is -1.30. The molecule has 2 rings (SSSR count). The number of carbonyl (C=O) groups excluding carboxylic acids is 2. The molecule has 0 aromatic heterocycles. The molecule has 2 saturated heterocycles. The van der Waals surface area contributed by atoms with E-state index in [2.05, 4.69) is 24.5 Å². The normalized spacial score (nSPS) is 20.9. The highest BCUT2D eigenvalue weighted by molar-refractivity contribution is 5.85. The van der Waals surface area contributed by atoms with E-state index in [0.29, 0.717) is 25.0 Å². The fourth-order valence-electron chi connectivity index (χ4n) is 2.75. The van der Waals surface area contributed by atoms with Crippen LogP contribution >= 0.6 is 0 Å². The molecule has 0 aromatic rings. The van der Waals surface area contributed by atoms with Crippen molar-refractivity contribution in [2.75, 3.05) is 39.3 Å². The smallest absolute Gasteiger partial charge is 0.320 e. The summed E-state index contributed by atoms with van der Waals surface area (Å²) < 4.78 is 0. The highest BCUT2D eigenvalue weighted by Crippen LogP contribution is 2.18. The summed E-state index contributed by atoms with van der Waals surface area (Å²) in [5.41, 5.74) is 0. The molecule has 114 valence electrons. The van der Waals surface area contributed by atoms with Crippen LogP contribution in [0, 0.1) is 5.92 Å². The zero-order valence-corrected chi connectivity index (χ0v) is 12.5. The Bertz CT molecular complexity index is 353. The summed E-state index contributed by atoms with van der Waals surface area (Å²) >= 11 is 0. The third-order valence-electron chi connectivity index (χ3n) is 3.92. The van der Waals surface area contributed by atoms with E-state index in [1.54, 1.807) is 4.90 Å². The van der Waals surface area contributed by atoms with Gasteiger partial charge in [0.05, 0.1) is 0 Å². The van der Waals surface area contributed by atoms with Crippen molar-refractivity contribution in [2.45, 2.75) is 32.7 Å². The van der Waals surface area contributed by atoms with Gasteiger partial charge in [0.2, 0.25) is 5.91 Å². The summed E-state index contributed by atoms with van der Waals surface area (Å²) in [6, 6.07) is 0.365. The molecule has 6 heteroatoms. The molecule has 3 amide bonds. The van der Waals surface area contributed by atoms with Gasteiger partial charge in [0, 0.05) is 25.7 Å². The summed E-state index contributed by atoms with van der Waals surface area (Å²) in [5.74, 6) is 0.374. The monoisotopic (exact) mass is 282 g/mol. The van der Waals surface area contributed by atoms with Gasteiger partial charge in [-0.1, -0.05) is 13.8 Å². The first-order chi connectivity index (χ1) is 9.58. The van der Waals surface area contributed by atoms with Gasteiger partial charge in [0.1, 0.15) is 6.54 Å². The summed E-state index contributed by atoms with van der Waals surface area (Å²) in [5, 5.41) is 6.17. The summed E-state index contributed by atoms with van der Waals surface area (Å²) in [7, 11) is 0. The number of hydrogen-bond donors (Lipinski definition) is 2. The molecule has 20 heavy (non-hydrogen) atoms. The zero-order chi connectivity index (χ0) is 14.5. The lowest BCUT2D eigenvalue weighted by Gasteiger charge is -2.31. The van der Waals surface area contributed by atoms with Gasteiger partial charge >= 0.3 is 6.03 Å². The largest absolute Gasteiger partial charge is 0.354 e. The second kappa shape index (κ2) is 6.92. The summed E-state index contributed by atoms with van der Waals surface area (Å²) in [6.45, 7) is 8.33. The molecule has 0 radical (unpaired) electrons. The van der Waals surface area contributed by atoms with E-state index >= 15 is 0 Å². The van der Waals surface area contributed by atoms with Crippen LogP contribution in [0.1, 0.15) is 26.7 Å². The van der Waals surface area contributed by atoms with E-state index in [4.69, 9.17) is 0 Å². The molecule has 0 aromatic carbocycles. The van der Waals surface area contributed by atoms with Crippen molar-refractivity contribution in [3.05, 3.63) is 0 Å². The first kappa shape index (κ1) is 15.1. The maximum absolute atomic E-state index is 12.3. The van der Waals surface area contributed by atoms with Crippen molar-refractivity contribution in [1.29, 1.82) is 0 Å². The number of urea groups is 1. The van der Waals surface area contributed by atoms with Crippen LogP contribution in [-0.2, 0) is 4.79 Å². The Balaban J connectivity index is 1.79. The van der Waals surface area contributed by atoms with Crippen LogP contribution in [0.3, 0.4) is 0 Å². The van der Waals surface area contributed by atoms with E-state index in [0.717, 1.165) is 32.5 Å². The van der Waals surface area contributed by atoms with Crippen LogP contribution in [0.5, 0.6) is 0 Å². The predicted molar refractivity (Wildman–Crippen MR) is 77.4 cm³/mol. The van der Waals surface area contributed by atoms with Crippen LogP contribution in [0.25, 0.3) is 0 Å². The lowest BCUT2D eigenvalue weighted by molar-refractivity contribution is -0.121. The highest BCUT2D eigenvalue weighted by atomic mass is 16.2. The van der Waals surface area contributed by atoms with E-state index in [9.17, 15) is 9.59 Å². The van der Waals surface area contributed by atoms with Crippen molar-refractivity contribution in [3.63, 3.8) is 0 Å². The number of amides is 3. The van der Waals surface area contributed by atoms with Crippen LogP contribution < -0.4 is 10.6 Å². The molecule has 2 N–H and O–H groups in total. The van der Waals surface area contributed by atoms with Crippen molar-refractivity contribution < 1.29 is 9.59 Å². The van der Waals surface area contributed by atoms with Crippen molar-refractivity contribution in [3.8, 4) is 0 Å². The van der Waals surface area contributed by atoms with Crippen molar-refractivity contribution in [2.24, 2.45) is 5.92 Å². The molecule has 6 nitrogen and oxygen atoms in total. The summed E-state index contributed by atoms with van der Waals surface area (Å²) in [4.78, 5) is 27.7. The lowest BCUT2D eigenvalue weighted by Crippen LogP contribution is -2.46. The fourth-order valence-corrected chi connectivity index (χ4v) is 2.75. The minimum Gasteiger partial charge on any atom is -0.354 e. The number of nitrogens with one attached hydrogen (secondary N) is 2. The second-order valence-corrected chi connectivity index (χ2v) is 6.08. The van der Waals surface area contributed by atoms with Crippen molar-refractivity contribution >= 4 is 11.9 Å². The van der Waals surface area contributed by atoms with Crippen LogP contribution in [0.2, 0.25) is 0 Å². The molecule has 0 saturated carbocycles. The molecule has 0 unspecified atom stereocenters. The van der Waals surface area contributed by atoms with Crippen LogP contribution in [0.4, 0.5) is 4.79 Å². The molecule has 0 aliphatic carbocycles. The number of carbonyl (C=O) groups is 2. The van der Waals surface area contributed by atoms with E-state index in [-0.39, 0.29) is 18.5 Å². The first-order valence-electron chi connectivity index (χ1n) is 7.61. The molecule has 2 heterocycles. The highest BCUT2D eigenvalue weighted by Gasteiger charge is 2.34. The van der Waals surface area contributed by atoms with Gasteiger partial charge < -0.3 is 20.4 Å².